The van der Waals surface area contributed by atoms with E-state index in [1.165, 1.54) is 12.1 Å². The van der Waals surface area contributed by atoms with Crippen LogP contribution in [0.4, 0.5) is 8.78 Å². The zero-order valence-corrected chi connectivity index (χ0v) is 10.0. The monoisotopic (exact) mass is 248 g/mol. The maximum atomic E-state index is 13.6. The third-order valence-electron chi connectivity index (χ3n) is 3.00. The zero-order chi connectivity index (χ0) is 13.1. The maximum Gasteiger partial charge on any atom is 0.133 e. The molecular formula is C15H14F2O. The SMILES string of the molecule is CC(CO)c1ccc(-c2ccc(F)cc2F)cc1. The number of hydrogen-bond donors (Lipinski definition) is 1. The molecule has 0 aliphatic rings. The molecule has 0 amide bonds. The second kappa shape index (κ2) is 5.27. The van der Waals surface area contributed by atoms with Crippen LogP contribution in [0, 0.1) is 11.6 Å². The molecule has 0 bridgehead atoms. The summed E-state index contributed by atoms with van der Waals surface area (Å²) in [6, 6.07) is 10.8. The van der Waals surface area contributed by atoms with Crippen molar-refractivity contribution in [2.75, 3.05) is 6.61 Å². The molecule has 0 saturated heterocycles. The van der Waals surface area contributed by atoms with E-state index in [4.69, 9.17) is 5.11 Å². The third kappa shape index (κ3) is 2.57. The van der Waals surface area contributed by atoms with Gasteiger partial charge in [-0.25, -0.2) is 8.78 Å². The molecule has 0 aromatic heterocycles. The lowest BCUT2D eigenvalue weighted by atomic mass is 9.98. The summed E-state index contributed by atoms with van der Waals surface area (Å²) in [5.74, 6) is -1.10. The molecule has 2 aromatic carbocycles. The van der Waals surface area contributed by atoms with E-state index < -0.39 is 11.6 Å². The molecule has 0 spiro atoms. The molecule has 3 heteroatoms. The second-order valence-corrected chi connectivity index (χ2v) is 4.33. The third-order valence-corrected chi connectivity index (χ3v) is 3.00. The molecule has 0 heterocycles. The molecule has 1 nitrogen and oxygen atoms in total. The Morgan fingerprint density at radius 2 is 1.72 bits per heavy atom. The van der Waals surface area contributed by atoms with Crippen LogP contribution in [-0.2, 0) is 0 Å². The second-order valence-electron chi connectivity index (χ2n) is 4.33. The fraction of sp³-hybridized carbons (Fsp3) is 0.200. The highest BCUT2D eigenvalue weighted by Crippen LogP contribution is 2.25. The molecule has 1 N–H and O–H groups in total. The lowest BCUT2D eigenvalue weighted by molar-refractivity contribution is 0.273. The Labute approximate surface area is 105 Å². The first-order chi connectivity index (χ1) is 8.61. The summed E-state index contributed by atoms with van der Waals surface area (Å²) < 4.78 is 26.4. The highest BCUT2D eigenvalue weighted by molar-refractivity contribution is 5.64. The minimum absolute atomic E-state index is 0.0529. The van der Waals surface area contributed by atoms with Crippen molar-refractivity contribution in [3.63, 3.8) is 0 Å². The van der Waals surface area contributed by atoms with Crippen LogP contribution >= 0.6 is 0 Å². The van der Waals surface area contributed by atoms with E-state index >= 15 is 0 Å². The summed E-state index contributed by atoms with van der Waals surface area (Å²) >= 11 is 0. The largest absolute Gasteiger partial charge is 0.396 e. The highest BCUT2D eigenvalue weighted by atomic mass is 19.1. The van der Waals surface area contributed by atoms with Crippen LogP contribution in [0.1, 0.15) is 18.4 Å². The molecule has 2 aromatic rings. The molecular weight excluding hydrogens is 234 g/mol. The van der Waals surface area contributed by atoms with Crippen LogP contribution in [0.25, 0.3) is 11.1 Å². The summed E-state index contributed by atoms with van der Waals surface area (Å²) in [4.78, 5) is 0. The summed E-state index contributed by atoms with van der Waals surface area (Å²) in [6.07, 6.45) is 0. The summed E-state index contributed by atoms with van der Waals surface area (Å²) in [5, 5.41) is 9.05. The van der Waals surface area contributed by atoms with Crippen molar-refractivity contribution in [3.8, 4) is 11.1 Å². The van der Waals surface area contributed by atoms with Gasteiger partial charge in [-0.2, -0.15) is 0 Å². The molecule has 2 rings (SSSR count). The molecule has 0 fully saturated rings. The first kappa shape index (κ1) is 12.7. The lowest BCUT2D eigenvalue weighted by Gasteiger charge is -2.09. The summed E-state index contributed by atoms with van der Waals surface area (Å²) in [7, 11) is 0. The van der Waals surface area contributed by atoms with Gasteiger partial charge in [-0.15, -0.1) is 0 Å². The minimum Gasteiger partial charge on any atom is -0.396 e. The van der Waals surface area contributed by atoms with Gasteiger partial charge in [0.25, 0.3) is 0 Å². The number of aliphatic hydroxyl groups excluding tert-OH is 1. The fourth-order valence-electron chi connectivity index (χ4n) is 1.82. The van der Waals surface area contributed by atoms with E-state index in [1.807, 2.05) is 19.1 Å². The Bertz CT molecular complexity index is 535. The summed E-state index contributed by atoms with van der Waals surface area (Å²) in [6.45, 7) is 1.98. The van der Waals surface area contributed by atoms with Crippen LogP contribution < -0.4 is 0 Å². The van der Waals surface area contributed by atoms with Crippen LogP contribution in [0.5, 0.6) is 0 Å². The molecule has 0 aliphatic carbocycles. The van der Waals surface area contributed by atoms with Crippen molar-refractivity contribution in [3.05, 3.63) is 59.7 Å². The van der Waals surface area contributed by atoms with Crippen molar-refractivity contribution in [2.24, 2.45) is 0 Å². The molecule has 94 valence electrons. The van der Waals surface area contributed by atoms with Gasteiger partial charge in [-0.1, -0.05) is 31.2 Å². The number of rotatable bonds is 3. The van der Waals surface area contributed by atoms with Gasteiger partial charge in [-0.3, -0.25) is 0 Å². The number of benzene rings is 2. The van der Waals surface area contributed by atoms with Crippen LogP contribution in [0.15, 0.2) is 42.5 Å². The van der Waals surface area contributed by atoms with Crippen molar-refractivity contribution in [1.82, 2.24) is 0 Å². The average Bonchev–Trinajstić information content (AvgIpc) is 2.38. The Balaban J connectivity index is 2.34. The molecule has 18 heavy (non-hydrogen) atoms. The number of halogens is 2. The fourth-order valence-corrected chi connectivity index (χ4v) is 1.82. The van der Waals surface area contributed by atoms with E-state index in [1.54, 1.807) is 12.1 Å². The van der Waals surface area contributed by atoms with Crippen molar-refractivity contribution >= 4 is 0 Å². The Morgan fingerprint density at radius 1 is 1.06 bits per heavy atom. The van der Waals surface area contributed by atoms with Gasteiger partial charge in [0.15, 0.2) is 0 Å². The molecule has 1 unspecified atom stereocenters. The van der Waals surface area contributed by atoms with Gasteiger partial charge < -0.3 is 5.11 Å². The topological polar surface area (TPSA) is 20.2 Å². The van der Waals surface area contributed by atoms with Crippen LogP contribution in [0.2, 0.25) is 0 Å². The standard InChI is InChI=1S/C15H14F2O/c1-10(9-18)11-2-4-12(5-3-11)14-7-6-13(16)8-15(14)17/h2-8,10,18H,9H2,1H3. The van der Waals surface area contributed by atoms with Crippen LogP contribution in [0.3, 0.4) is 0 Å². The Hall–Kier alpha value is -1.74. The quantitative estimate of drug-likeness (QED) is 0.877. The predicted octanol–water partition coefficient (Wildman–Crippen LogP) is 3.73. The van der Waals surface area contributed by atoms with Gasteiger partial charge >= 0.3 is 0 Å². The zero-order valence-electron chi connectivity index (χ0n) is 10.0. The predicted molar refractivity (Wildman–Crippen MR) is 67.3 cm³/mol. The van der Waals surface area contributed by atoms with E-state index in [9.17, 15) is 8.78 Å². The normalized spacial score (nSPS) is 12.4. The van der Waals surface area contributed by atoms with Gasteiger partial charge in [-0.05, 0) is 23.3 Å². The molecule has 0 aliphatic heterocycles. The van der Waals surface area contributed by atoms with E-state index in [0.29, 0.717) is 11.1 Å². The maximum absolute atomic E-state index is 13.6. The van der Waals surface area contributed by atoms with E-state index in [-0.39, 0.29) is 12.5 Å². The first-order valence-electron chi connectivity index (χ1n) is 5.78. The highest BCUT2D eigenvalue weighted by Gasteiger charge is 2.08. The molecule has 1 atom stereocenters. The van der Waals surface area contributed by atoms with E-state index in [0.717, 1.165) is 11.6 Å². The Morgan fingerprint density at radius 3 is 2.28 bits per heavy atom. The lowest BCUT2D eigenvalue weighted by Crippen LogP contribution is -1.98. The van der Waals surface area contributed by atoms with Crippen molar-refractivity contribution in [1.29, 1.82) is 0 Å². The molecule has 0 radical (unpaired) electrons. The van der Waals surface area contributed by atoms with Crippen molar-refractivity contribution in [2.45, 2.75) is 12.8 Å². The minimum atomic E-state index is -0.582. The smallest absolute Gasteiger partial charge is 0.133 e. The average molecular weight is 248 g/mol. The van der Waals surface area contributed by atoms with Gasteiger partial charge in [0.2, 0.25) is 0 Å². The van der Waals surface area contributed by atoms with Crippen LogP contribution in [-0.4, -0.2) is 11.7 Å². The Kier molecular flexibility index (Phi) is 3.72. The first-order valence-corrected chi connectivity index (χ1v) is 5.78. The van der Waals surface area contributed by atoms with Gasteiger partial charge in [0, 0.05) is 24.2 Å². The number of aliphatic hydroxyl groups is 1. The van der Waals surface area contributed by atoms with Crippen molar-refractivity contribution < 1.29 is 13.9 Å². The van der Waals surface area contributed by atoms with E-state index in [2.05, 4.69) is 0 Å². The van der Waals surface area contributed by atoms with Gasteiger partial charge in [0.1, 0.15) is 11.6 Å². The van der Waals surface area contributed by atoms with Gasteiger partial charge in [0.05, 0.1) is 0 Å². The summed E-state index contributed by atoms with van der Waals surface area (Å²) in [5.41, 5.74) is 2.06. The molecule has 0 saturated carbocycles. The number of hydrogen-bond acceptors (Lipinski definition) is 1.